The largest absolute Gasteiger partial charge is 0.384 e. The van der Waals surface area contributed by atoms with Crippen LogP contribution >= 0.6 is 0 Å². The van der Waals surface area contributed by atoms with E-state index in [2.05, 4.69) is 5.32 Å². The summed E-state index contributed by atoms with van der Waals surface area (Å²) in [6, 6.07) is 0.522. The van der Waals surface area contributed by atoms with E-state index in [1.807, 2.05) is 0 Å². The Morgan fingerprint density at radius 1 is 1.35 bits per heavy atom. The van der Waals surface area contributed by atoms with Crippen molar-refractivity contribution in [3.8, 4) is 0 Å². The van der Waals surface area contributed by atoms with E-state index in [9.17, 15) is 8.42 Å². The third-order valence-corrected chi connectivity index (χ3v) is 5.56. The van der Waals surface area contributed by atoms with Crippen molar-refractivity contribution < 1.29 is 13.2 Å². The molecule has 2 atom stereocenters. The van der Waals surface area contributed by atoms with Gasteiger partial charge in [0.2, 0.25) is 10.0 Å². The molecule has 2 heterocycles. The van der Waals surface area contributed by atoms with Crippen LogP contribution in [0.1, 0.15) is 25.7 Å². The first-order chi connectivity index (χ1) is 8.15. The van der Waals surface area contributed by atoms with Crippen molar-refractivity contribution in [2.75, 3.05) is 32.6 Å². The molecule has 2 fully saturated rings. The van der Waals surface area contributed by atoms with E-state index in [1.165, 1.54) is 7.11 Å². The predicted molar refractivity (Wildman–Crippen MR) is 66.4 cm³/mol. The second-order valence-corrected chi connectivity index (χ2v) is 6.87. The van der Waals surface area contributed by atoms with Gasteiger partial charge in [-0.05, 0) is 32.2 Å². The molecule has 2 unspecified atom stereocenters. The highest BCUT2D eigenvalue weighted by molar-refractivity contribution is 7.89. The average Bonchev–Trinajstić information content (AvgIpc) is 2.95. The molecular weight excluding hydrogens is 240 g/mol. The molecule has 0 radical (unpaired) electrons. The Balaban J connectivity index is 2.03. The van der Waals surface area contributed by atoms with Crippen molar-refractivity contribution in [2.45, 2.75) is 37.8 Å². The molecule has 6 heteroatoms. The van der Waals surface area contributed by atoms with E-state index < -0.39 is 10.0 Å². The lowest BCUT2D eigenvalue weighted by atomic mass is 10.1. The first-order valence-corrected chi connectivity index (χ1v) is 7.98. The average molecular weight is 262 g/mol. The fourth-order valence-corrected chi connectivity index (χ4v) is 4.54. The molecule has 0 aromatic carbocycles. The van der Waals surface area contributed by atoms with Gasteiger partial charge in [0.1, 0.15) is 0 Å². The fraction of sp³-hybridized carbons (Fsp3) is 1.00. The zero-order valence-electron chi connectivity index (χ0n) is 10.4. The molecule has 0 aromatic heterocycles. The zero-order valence-corrected chi connectivity index (χ0v) is 11.2. The summed E-state index contributed by atoms with van der Waals surface area (Å²) >= 11 is 0. The van der Waals surface area contributed by atoms with Crippen LogP contribution in [-0.4, -0.2) is 57.4 Å². The highest BCUT2D eigenvalue weighted by atomic mass is 32.2. The summed E-state index contributed by atoms with van der Waals surface area (Å²) in [6.07, 6.45) is 4.23. The quantitative estimate of drug-likeness (QED) is 0.768. The Hall–Kier alpha value is -0.170. The Kier molecular flexibility index (Phi) is 4.41. The highest BCUT2D eigenvalue weighted by Crippen LogP contribution is 2.27. The number of sulfonamides is 1. The van der Waals surface area contributed by atoms with E-state index >= 15 is 0 Å². The molecule has 2 aliphatic heterocycles. The first kappa shape index (κ1) is 13.3. The zero-order chi connectivity index (χ0) is 12.3. The van der Waals surface area contributed by atoms with Gasteiger partial charge in [-0.2, -0.15) is 4.31 Å². The highest BCUT2D eigenvalue weighted by Gasteiger charge is 2.39. The molecule has 0 aromatic rings. The van der Waals surface area contributed by atoms with Gasteiger partial charge in [0.05, 0.1) is 12.4 Å². The minimum atomic E-state index is -3.14. The van der Waals surface area contributed by atoms with Gasteiger partial charge in [-0.25, -0.2) is 8.42 Å². The molecule has 2 aliphatic rings. The van der Waals surface area contributed by atoms with Gasteiger partial charge in [0, 0.05) is 25.7 Å². The van der Waals surface area contributed by atoms with Crippen LogP contribution in [0.25, 0.3) is 0 Å². The minimum absolute atomic E-state index is 0.104. The van der Waals surface area contributed by atoms with E-state index in [4.69, 9.17) is 4.74 Å². The monoisotopic (exact) mass is 262 g/mol. The van der Waals surface area contributed by atoms with Crippen molar-refractivity contribution in [2.24, 2.45) is 0 Å². The third-order valence-electron chi connectivity index (χ3n) is 3.71. The van der Waals surface area contributed by atoms with Gasteiger partial charge >= 0.3 is 0 Å². The maximum atomic E-state index is 12.2. The topological polar surface area (TPSA) is 58.6 Å². The van der Waals surface area contributed by atoms with Crippen molar-refractivity contribution >= 4 is 10.0 Å². The fourth-order valence-electron chi connectivity index (χ4n) is 2.86. The van der Waals surface area contributed by atoms with Gasteiger partial charge < -0.3 is 10.1 Å². The first-order valence-electron chi connectivity index (χ1n) is 6.37. The lowest BCUT2D eigenvalue weighted by Gasteiger charge is -2.28. The van der Waals surface area contributed by atoms with E-state index in [-0.39, 0.29) is 18.4 Å². The summed E-state index contributed by atoms with van der Waals surface area (Å²) in [5.74, 6) is 0.104. The summed E-state index contributed by atoms with van der Waals surface area (Å²) in [6.45, 7) is 1.98. The lowest BCUT2D eigenvalue weighted by molar-refractivity contribution is 0.214. The number of nitrogens with zero attached hydrogens (tertiary/aromatic N) is 1. The number of rotatable bonds is 5. The predicted octanol–water partition coefficient (Wildman–Crippen LogP) is 0.179. The standard InChI is InChI=1S/C11H22N2O3S/c1-16-8-9-17(14,15)13-7-3-5-11(13)10-4-2-6-12-10/h10-12H,2-9H2,1H3. The molecular formula is C11H22N2O3S. The minimum Gasteiger partial charge on any atom is -0.384 e. The molecule has 0 spiro atoms. The van der Waals surface area contributed by atoms with Crippen LogP contribution in [0.3, 0.4) is 0 Å². The van der Waals surface area contributed by atoms with Crippen molar-refractivity contribution in [3.63, 3.8) is 0 Å². The number of hydrogen-bond acceptors (Lipinski definition) is 4. The molecule has 5 nitrogen and oxygen atoms in total. The van der Waals surface area contributed by atoms with Gasteiger partial charge in [-0.15, -0.1) is 0 Å². The van der Waals surface area contributed by atoms with Gasteiger partial charge in [-0.3, -0.25) is 0 Å². The van der Waals surface area contributed by atoms with Crippen LogP contribution in [-0.2, 0) is 14.8 Å². The smallest absolute Gasteiger partial charge is 0.216 e. The third kappa shape index (κ3) is 2.99. The van der Waals surface area contributed by atoms with Gasteiger partial charge in [-0.1, -0.05) is 0 Å². The Morgan fingerprint density at radius 2 is 2.18 bits per heavy atom. The molecule has 0 aliphatic carbocycles. The lowest BCUT2D eigenvalue weighted by Crippen LogP contribution is -2.47. The molecule has 17 heavy (non-hydrogen) atoms. The van der Waals surface area contributed by atoms with Crippen LogP contribution < -0.4 is 5.32 Å². The van der Waals surface area contributed by atoms with Crippen molar-refractivity contribution in [1.29, 1.82) is 0 Å². The van der Waals surface area contributed by atoms with Crippen LogP contribution in [0.15, 0.2) is 0 Å². The second-order valence-electron chi connectivity index (χ2n) is 4.83. The Labute approximate surface area is 104 Å². The second kappa shape index (κ2) is 5.65. The Morgan fingerprint density at radius 3 is 2.82 bits per heavy atom. The number of nitrogens with one attached hydrogen (secondary N) is 1. The maximum absolute atomic E-state index is 12.2. The molecule has 2 rings (SSSR count). The molecule has 100 valence electrons. The van der Waals surface area contributed by atoms with Crippen LogP contribution in [0.5, 0.6) is 0 Å². The molecule has 0 saturated carbocycles. The SMILES string of the molecule is COCCS(=O)(=O)N1CCCC1C1CCCN1. The van der Waals surface area contributed by atoms with Crippen molar-refractivity contribution in [1.82, 2.24) is 9.62 Å². The summed E-state index contributed by atoms with van der Waals surface area (Å²) in [5.41, 5.74) is 0. The van der Waals surface area contributed by atoms with E-state index in [0.717, 1.165) is 32.2 Å². The molecule has 2 saturated heterocycles. The van der Waals surface area contributed by atoms with E-state index in [0.29, 0.717) is 12.6 Å². The summed E-state index contributed by atoms with van der Waals surface area (Å²) in [5, 5.41) is 3.42. The van der Waals surface area contributed by atoms with Crippen LogP contribution in [0, 0.1) is 0 Å². The number of hydrogen-bond donors (Lipinski definition) is 1. The summed E-state index contributed by atoms with van der Waals surface area (Å²) < 4.78 is 30.9. The van der Waals surface area contributed by atoms with Crippen LogP contribution in [0.4, 0.5) is 0 Å². The maximum Gasteiger partial charge on any atom is 0.216 e. The van der Waals surface area contributed by atoms with Gasteiger partial charge in [0.25, 0.3) is 0 Å². The van der Waals surface area contributed by atoms with Crippen LogP contribution in [0.2, 0.25) is 0 Å². The molecule has 1 N–H and O–H groups in total. The van der Waals surface area contributed by atoms with Gasteiger partial charge in [0.15, 0.2) is 0 Å². The van der Waals surface area contributed by atoms with E-state index in [1.54, 1.807) is 4.31 Å². The molecule has 0 bridgehead atoms. The summed E-state index contributed by atoms with van der Waals surface area (Å²) in [4.78, 5) is 0. The Bertz CT molecular complexity index is 339. The molecule has 0 amide bonds. The normalized spacial score (nSPS) is 31.1. The van der Waals surface area contributed by atoms with Crippen molar-refractivity contribution in [3.05, 3.63) is 0 Å². The number of ether oxygens (including phenoxy) is 1. The number of methoxy groups -OCH3 is 1. The summed E-state index contributed by atoms with van der Waals surface area (Å²) in [7, 11) is -1.60.